The van der Waals surface area contributed by atoms with E-state index in [1.165, 1.54) is 24.3 Å². The first-order valence-corrected chi connectivity index (χ1v) is 7.59. The summed E-state index contributed by atoms with van der Waals surface area (Å²) in [6, 6.07) is 7.94. The van der Waals surface area contributed by atoms with E-state index < -0.39 is 28.7 Å². The second-order valence-corrected chi connectivity index (χ2v) is 6.11. The van der Waals surface area contributed by atoms with Crippen LogP contribution >= 0.6 is 0 Å². The number of carbonyl (C=O) groups is 2. The highest BCUT2D eigenvalue weighted by atomic mass is 19.1. The predicted octanol–water partition coefficient (Wildman–Crippen LogP) is 1.60. The van der Waals surface area contributed by atoms with E-state index in [0.29, 0.717) is 0 Å². The van der Waals surface area contributed by atoms with Gasteiger partial charge < -0.3 is 10.4 Å². The Bertz CT molecular complexity index is 861. The Morgan fingerprint density at radius 3 is 2.56 bits per heavy atom. The number of carbonyl (C=O) groups excluding carboxylic acids is 1. The van der Waals surface area contributed by atoms with Gasteiger partial charge in [0.15, 0.2) is 0 Å². The molecule has 2 aromatic rings. The van der Waals surface area contributed by atoms with Crippen molar-refractivity contribution >= 4 is 11.9 Å². The van der Waals surface area contributed by atoms with Crippen molar-refractivity contribution in [2.45, 2.75) is 20.3 Å². The van der Waals surface area contributed by atoms with Crippen LogP contribution in [0.5, 0.6) is 0 Å². The van der Waals surface area contributed by atoms with E-state index in [4.69, 9.17) is 5.11 Å². The summed E-state index contributed by atoms with van der Waals surface area (Å²) in [7, 11) is 0. The van der Waals surface area contributed by atoms with Gasteiger partial charge >= 0.3 is 5.97 Å². The Kier molecular flexibility index (Phi) is 5.31. The maximum Gasteiger partial charge on any atom is 0.309 e. The summed E-state index contributed by atoms with van der Waals surface area (Å²) in [5.41, 5.74) is -1.69. The topological polar surface area (TPSA) is 101 Å². The van der Waals surface area contributed by atoms with Crippen LogP contribution in [0.1, 0.15) is 30.8 Å². The highest BCUT2D eigenvalue weighted by molar-refractivity contribution is 5.92. The number of carboxylic acids is 1. The number of carboxylic acid groups (broad SMARTS) is 1. The second-order valence-electron chi connectivity index (χ2n) is 6.11. The molecule has 0 aliphatic heterocycles. The smallest absolute Gasteiger partial charge is 0.309 e. The molecule has 2 N–H and O–H groups in total. The van der Waals surface area contributed by atoms with Crippen molar-refractivity contribution in [3.8, 4) is 5.69 Å². The quantitative estimate of drug-likeness (QED) is 0.826. The fourth-order valence-electron chi connectivity index (χ4n) is 2.01. The minimum atomic E-state index is -0.980. The number of para-hydroxylation sites is 1. The molecule has 0 aliphatic rings. The molecule has 1 aromatic heterocycles. The average Bonchev–Trinajstić information content (AvgIpc) is 2.55. The maximum absolute atomic E-state index is 13.8. The van der Waals surface area contributed by atoms with E-state index in [-0.39, 0.29) is 24.3 Å². The van der Waals surface area contributed by atoms with Gasteiger partial charge in [0.2, 0.25) is 0 Å². The molecule has 132 valence electrons. The molecule has 0 saturated carbocycles. The standard InChI is InChI=1S/C17H18FN3O4/c1-17(2,16(24)25)9-10-19-15(23)12-7-8-14(22)21(20-12)13-6-4-3-5-11(13)18/h3-8H,9-10H2,1-2H3,(H,19,23)(H,24,25). The van der Waals surface area contributed by atoms with Crippen molar-refractivity contribution in [1.82, 2.24) is 15.1 Å². The molecule has 1 heterocycles. The monoisotopic (exact) mass is 347 g/mol. The minimum Gasteiger partial charge on any atom is -0.481 e. The summed E-state index contributed by atoms with van der Waals surface area (Å²) in [5, 5.41) is 15.5. The van der Waals surface area contributed by atoms with Crippen molar-refractivity contribution in [3.63, 3.8) is 0 Å². The lowest BCUT2D eigenvalue weighted by Crippen LogP contribution is -2.33. The fraction of sp³-hybridized carbons (Fsp3) is 0.294. The zero-order chi connectivity index (χ0) is 18.6. The Morgan fingerprint density at radius 1 is 1.24 bits per heavy atom. The highest BCUT2D eigenvalue weighted by Crippen LogP contribution is 2.19. The van der Waals surface area contributed by atoms with Crippen LogP contribution in [0.15, 0.2) is 41.2 Å². The minimum absolute atomic E-state index is 0.0610. The molecule has 0 fully saturated rings. The van der Waals surface area contributed by atoms with Crippen LogP contribution in [0.4, 0.5) is 4.39 Å². The van der Waals surface area contributed by atoms with Crippen molar-refractivity contribution in [2.75, 3.05) is 6.54 Å². The number of hydrogen-bond acceptors (Lipinski definition) is 4. The SMILES string of the molecule is CC(C)(CCNC(=O)c1ccc(=O)n(-c2ccccc2F)n1)C(=O)O. The van der Waals surface area contributed by atoms with Gasteiger partial charge in [0, 0.05) is 12.6 Å². The fourth-order valence-corrected chi connectivity index (χ4v) is 2.01. The van der Waals surface area contributed by atoms with Gasteiger partial charge in [-0.25, -0.2) is 4.39 Å². The Morgan fingerprint density at radius 2 is 1.92 bits per heavy atom. The van der Waals surface area contributed by atoms with Gasteiger partial charge in [0.05, 0.1) is 5.41 Å². The molecule has 25 heavy (non-hydrogen) atoms. The number of benzene rings is 1. The summed E-state index contributed by atoms with van der Waals surface area (Å²) in [6.45, 7) is 3.23. The van der Waals surface area contributed by atoms with Crippen molar-refractivity contribution < 1.29 is 19.1 Å². The lowest BCUT2D eigenvalue weighted by atomic mass is 9.90. The van der Waals surface area contributed by atoms with E-state index in [2.05, 4.69) is 10.4 Å². The molecule has 0 bridgehead atoms. The summed E-state index contributed by atoms with van der Waals surface area (Å²) < 4.78 is 14.7. The molecule has 8 heteroatoms. The van der Waals surface area contributed by atoms with Gasteiger partial charge in [-0.3, -0.25) is 14.4 Å². The molecule has 7 nitrogen and oxygen atoms in total. The highest BCUT2D eigenvalue weighted by Gasteiger charge is 2.26. The number of hydrogen-bond donors (Lipinski definition) is 2. The lowest BCUT2D eigenvalue weighted by molar-refractivity contribution is -0.147. The van der Waals surface area contributed by atoms with Gasteiger partial charge in [-0.15, -0.1) is 0 Å². The summed E-state index contributed by atoms with van der Waals surface area (Å²) >= 11 is 0. The van der Waals surface area contributed by atoms with Crippen LogP contribution in [0.3, 0.4) is 0 Å². The number of rotatable bonds is 6. The number of halogens is 1. The zero-order valence-electron chi connectivity index (χ0n) is 13.8. The molecule has 0 spiro atoms. The van der Waals surface area contributed by atoms with Crippen LogP contribution in [0.25, 0.3) is 5.69 Å². The Labute approximate surface area is 143 Å². The normalized spacial score (nSPS) is 11.2. The van der Waals surface area contributed by atoms with Gasteiger partial charge in [0.1, 0.15) is 17.2 Å². The predicted molar refractivity (Wildman–Crippen MR) is 88.2 cm³/mol. The second kappa shape index (κ2) is 7.25. The van der Waals surface area contributed by atoms with Crippen LogP contribution in [-0.2, 0) is 4.79 Å². The number of amides is 1. The van der Waals surface area contributed by atoms with E-state index >= 15 is 0 Å². The Hall–Kier alpha value is -3.03. The van der Waals surface area contributed by atoms with Crippen LogP contribution in [-0.4, -0.2) is 33.3 Å². The molecule has 0 unspecified atom stereocenters. The number of aliphatic carboxylic acids is 1. The van der Waals surface area contributed by atoms with Crippen LogP contribution in [0.2, 0.25) is 0 Å². The summed E-state index contributed by atoms with van der Waals surface area (Å²) in [5.74, 6) is -2.18. The number of nitrogens with zero attached hydrogens (tertiary/aromatic N) is 2. The van der Waals surface area contributed by atoms with E-state index in [0.717, 1.165) is 10.7 Å². The molecule has 0 saturated heterocycles. The number of nitrogens with one attached hydrogen (secondary N) is 1. The van der Waals surface area contributed by atoms with Crippen molar-refractivity contribution in [3.05, 3.63) is 58.3 Å². The average molecular weight is 347 g/mol. The van der Waals surface area contributed by atoms with Crippen molar-refractivity contribution in [1.29, 1.82) is 0 Å². The molecular formula is C17H18FN3O4. The number of aromatic nitrogens is 2. The zero-order valence-corrected chi connectivity index (χ0v) is 13.8. The maximum atomic E-state index is 13.8. The van der Waals surface area contributed by atoms with E-state index in [9.17, 15) is 18.8 Å². The molecule has 0 atom stereocenters. The largest absolute Gasteiger partial charge is 0.481 e. The van der Waals surface area contributed by atoms with Gasteiger partial charge in [-0.2, -0.15) is 9.78 Å². The van der Waals surface area contributed by atoms with Gasteiger partial charge in [0.25, 0.3) is 11.5 Å². The van der Waals surface area contributed by atoms with Crippen LogP contribution < -0.4 is 10.9 Å². The first-order chi connectivity index (χ1) is 11.7. The third-order valence-corrected chi connectivity index (χ3v) is 3.73. The third-order valence-electron chi connectivity index (χ3n) is 3.73. The molecule has 1 amide bonds. The van der Waals surface area contributed by atoms with E-state index in [1.807, 2.05) is 0 Å². The lowest BCUT2D eigenvalue weighted by Gasteiger charge is -2.18. The first-order valence-electron chi connectivity index (χ1n) is 7.59. The van der Waals surface area contributed by atoms with Gasteiger partial charge in [-0.05, 0) is 38.5 Å². The Balaban J connectivity index is 2.17. The summed E-state index contributed by atoms with van der Waals surface area (Å²) in [6.07, 6.45) is 0.223. The molecule has 0 aliphatic carbocycles. The molecule has 1 aromatic carbocycles. The molecular weight excluding hydrogens is 329 g/mol. The first kappa shape index (κ1) is 18.3. The third kappa shape index (κ3) is 4.28. The molecule has 0 radical (unpaired) electrons. The van der Waals surface area contributed by atoms with Crippen molar-refractivity contribution in [2.24, 2.45) is 5.41 Å². The summed E-state index contributed by atoms with van der Waals surface area (Å²) in [4.78, 5) is 35.1. The van der Waals surface area contributed by atoms with Gasteiger partial charge in [-0.1, -0.05) is 12.1 Å². The molecule has 2 rings (SSSR count). The van der Waals surface area contributed by atoms with Crippen LogP contribution in [0, 0.1) is 11.2 Å². The van der Waals surface area contributed by atoms with E-state index in [1.54, 1.807) is 19.9 Å².